The van der Waals surface area contributed by atoms with Crippen LogP contribution in [0.2, 0.25) is 0 Å². The fourth-order valence-corrected chi connectivity index (χ4v) is 2.56. The van der Waals surface area contributed by atoms with E-state index in [1.165, 1.54) is 0 Å². The van der Waals surface area contributed by atoms with E-state index in [4.69, 9.17) is 5.73 Å². The highest BCUT2D eigenvalue weighted by molar-refractivity contribution is 5.82. The van der Waals surface area contributed by atoms with Gasteiger partial charge in [0.05, 0.1) is 0 Å². The molecule has 0 unspecified atom stereocenters. The van der Waals surface area contributed by atoms with E-state index >= 15 is 0 Å². The van der Waals surface area contributed by atoms with E-state index in [2.05, 4.69) is 24.2 Å². The fourth-order valence-electron chi connectivity index (χ4n) is 2.56. The summed E-state index contributed by atoms with van der Waals surface area (Å²) < 4.78 is 0. The maximum Gasteiger partial charge on any atom is 0.241 e. The number of hydrogen-bond donors (Lipinski definition) is 2. The lowest BCUT2D eigenvalue weighted by atomic mass is 9.80. The van der Waals surface area contributed by atoms with Gasteiger partial charge >= 0.3 is 0 Å². The lowest BCUT2D eigenvalue weighted by Crippen LogP contribution is -2.45. The first kappa shape index (κ1) is 15.0. The molecular weight excluding hydrogens is 250 g/mol. The second-order valence-corrected chi connectivity index (χ2v) is 6.22. The van der Waals surface area contributed by atoms with Crippen LogP contribution >= 0.6 is 0 Å². The van der Waals surface area contributed by atoms with Crippen LogP contribution in [0, 0.1) is 5.41 Å². The van der Waals surface area contributed by atoms with Crippen molar-refractivity contribution in [1.82, 2.24) is 10.2 Å². The Bertz CT molecular complexity index is 438. The Morgan fingerprint density at radius 3 is 2.55 bits per heavy atom. The number of carbonyl (C=O) groups is 1. The van der Waals surface area contributed by atoms with Gasteiger partial charge in [0.15, 0.2) is 0 Å². The summed E-state index contributed by atoms with van der Waals surface area (Å²) in [6.45, 7) is 5.14. The first-order valence-electron chi connectivity index (χ1n) is 7.27. The molecule has 1 aliphatic heterocycles. The summed E-state index contributed by atoms with van der Waals surface area (Å²) in [5.74, 6) is -0.0867. The lowest BCUT2D eigenvalue weighted by molar-refractivity contribution is -0.123. The molecule has 0 aromatic heterocycles. The van der Waals surface area contributed by atoms with Crippen molar-refractivity contribution < 1.29 is 4.79 Å². The molecular formula is C16H25N3O. The van der Waals surface area contributed by atoms with Crippen molar-refractivity contribution in [3.63, 3.8) is 0 Å². The first-order valence-corrected chi connectivity index (χ1v) is 7.27. The van der Waals surface area contributed by atoms with E-state index in [0.29, 0.717) is 6.54 Å². The number of piperidine rings is 1. The van der Waals surface area contributed by atoms with Gasteiger partial charge in [-0.15, -0.1) is 0 Å². The van der Waals surface area contributed by atoms with E-state index in [1.54, 1.807) is 0 Å². The van der Waals surface area contributed by atoms with Gasteiger partial charge in [-0.25, -0.2) is 0 Å². The van der Waals surface area contributed by atoms with Crippen LogP contribution in [-0.4, -0.2) is 37.5 Å². The average molecular weight is 275 g/mol. The quantitative estimate of drug-likeness (QED) is 0.876. The molecule has 4 heteroatoms. The second-order valence-electron chi connectivity index (χ2n) is 6.22. The molecule has 0 spiro atoms. The fraction of sp³-hybridized carbons (Fsp3) is 0.562. The molecule has 1 amide bonds. The SMILES string of the molecule is CN1CCC(C)(CNC(=O)[C@H](N)c2ccccc2)CC1. The zero-order valence-electron chi connectivity index (χ0n) is 12.4. The average Bonchev–Trinajstić information content (AvgIpc) is 2.48. The molecule has 0 saturated carbocycles. The largest absolute Gasteiger partial charge is 0.354 e. The number of nitrogens with two attached hydrogens (primary N) is 1. The third-order valence-electron chi connectivity index (χ3n) is 4.32. The molecule has 4 nitrogen and oxygen atoms in total. The number of nitrogens with zero attached hydrogens (tertiary/aromatic N) is 1. The van der Waals surface area contributed by atoms with Crippen LogP contribution in [0.3, 0.4) is 0 Å². The number of carbonyl (C=O) groups excluding carboxylic acids is 1. The van der Waals surface area contributed by atoms with Gasteiger partial charge in [-0.05, 0) is 44.0 Å². The molecule has 1 aromatic rings. The van der Waals surface area contributed by atoms with E-state index in [1.807, 2.05) is 30.3 Å². The van der Waals surface area contributed by atoms with Gasteiger partial charge in [-0.1, -0.05) is 37.3 Å². The summed E-state index contributed by atoms with van der Waals surface area (Å²) in [4.78, 5) is 14.5. The van der Waals surface area contributed by atoms with Gasteiger partial charge < -0.3 is 16.0 Å². The number of likely N-dealkylation sites (tertiary alicyclic amines) is 1. The monoisotopic (exact) mass is 275 g/mol. The summed E-state index contributed by atoms with van der Waals surface area (Å²) in [6, 6.07) is 8.93. The Labute approximate surface area is 121 Å². The van der Waals surface area contributed by atoms with Gasteiger partial charge in [0, 0.05) is 6.54 Å². The smallest absolute Gasteiger partial charge is 0.241 e. The van der Waals surface area contributed by atoms with Gasteiger partial charge in [0.25, 0.3) is 0 Å². The normalized spacial score (nSPS) is 20.4. The zero-order chi connectivity index (χ0) is 14.6. The molecule has 1 aliphatic rings. The predicted octanol–water partition coefficient (Wildman–Crippen LogP) is 1.53. The molecule has 0 radical (unpaired) electrons. The van der Waals surface area contributed by atoms with Crippen LogP contribution in [-0.2, 0) is 4.79 Å². The minimum Gasteiger partial charge on any atom is -0.354 e. The maximum atomic E-state index is 12.1. The van der Waals surface area contributed by atoms with Crippen LogP contribution in [0.15, 0.2) is 30.3 Å². The number of nitrogens with one attached hydrogen (secondary N) is 1. The van der Waals surface area contributed by atoms with Crippen molar-refractivity contribution in [3.8, 4) is 0 Å². The minimum absolute atomic E-state index is 0.0867. The molecule has 2 rings (SSSR count). The minimum atomic E-state index is -0.578. The van der Waals surface area contributed by atoms with E-state index in [-0.39, 0.29) is 11.3 Å². The van der Waals surface area contributed by atoms with Gasteiger partial charge in [-0.2, -0.15) is 0 Å². The van der Waals surface area contributed by atoms with Crippen LogP contribution in [0.5, 0.6) is 0 Å². The molecule has 110 valence electrons. The third-order valence-corrected chi connectivity index (χ3v) is 4.32. The maximum absolute atomic E-state index is 12.1. The van der Waals surface area contributed by atoms with Crippen molar-refractivity contribution >= 4 is 5.91 Å². The number of rotatable bonds is 4. The molecule has 1 heterocycles. The van der Waals surface area contributed by atoms with Crippen molar-refractivity contribution in [1.29, 1.82) is 0 Å². The summed E-state index contributed by atoms with van der Waals surface area (Å²) in [6.07, 6.45) is 2.23. The van der Waals surface area contributed by atoms with Crippen molar-refractivity contribution in [3.05, 3.63) is 35.9 Å². The highest BCUT2D eigenvalue weighted by Gasteiger charge is 2.29. The molecule has 20 heavy (non-hydrogen) atoms. The Hall–Kier alpha value is -1.39. The lowest BCUT2D eigenvalue weighted by Gasteiger charge is -2.38. The Balaban J connectivity index is 1.86. The Morgan fingerprint density at radius 2 is 1.95 bits per heavy atom. The third kappa shape index (κ3) is 3.81. The standard InChI is InChI=1S/C16H25N3O/c1-16(8-10-19(2)11-9-16)12-18-15(20)14(17)13-6-4-3-5-7-13/h3-7,14H,8-12,17H2,1-2H3,(H,18,20)/t14-/m1/s1. The molecule has 1 atom stereocenters. The molecule has 3 N–H and O–H groups in total. The summed E-state index contributed by atoms with van der Waals surface area (Å²) in [7, 11) is 2.14. The second kappa shape index (κ2) is 6.37. The summed E-state index contributed by atoms with van der Waals surface area (Å²) in [5, 5.41) is 3.02. The van der Waals surface area contributed by atoms with Crippen LogP contribution in [0.4, 0.5) is 0 Å². The van der Waals surface area contributed by atoms with Crippen LogP contribution in [0.25, 0.3) is 0 Å². The molecule has 0 bridgehead atoms. The van der Waals surface area contributed by atoms with Crippen LogP contribution < -0.4 is 11.1 Å². The van der Waals surface area contributed by atoms with E-state index in [9.17, 15) is 4.79 Å². The Morgan fingerprint density at radius 1 is 1.35 bits per heavy atom. The van der Waals surface area contributed by atoms with Gasteiger partial charge in [0.1, 0.15) is 6.04 Å². The van der Waals surface area contributed by atoms with Gasteiger partial charge in [0.2, 0.25) is 5.91 Å². The predicted molar refractivity (Wildman–Crippen MR) is 81.2 cm³/mol. The summed E-state index contributed by atoms with van der Waals surface area (Å²) in [5.41, 5.74) is 7.05. The number of benzene rings is 1. The first-order chi connectivity index (χ1) is 9.50. The van der Waals surface area contributed by atoms with Crippen LogP contribution in [0.1, 0.15) is 31.4 Å². The van der Waals surface area contributed by atoms with Crippen molar-refractivity contribution in [2.45, 2.75) is 25.8 Å². The number of hydrogen-bond acceptors (Lipinski definition) is 3. The van der Waals surface area contributed by atoms with Crippen molar-refractivity contribution in [2.24, 2.45) is 11.1 Å². The molecule has 0 aliphatic carbocycles. The topological polar surface area (TPSA) is 58.4 Å². The zero-order valence-corrected chi connectivity index (χ0v) is 12.4. The van der Waals surface area contributed by atoms with E-state index in [0.717, 1.165) is 31.5 Å². The number of amides is 1. The highest BCUT2D eigenvalue weighted by Crippen LogP contribution is 2.29. The van der Waals surface area contributed by atoms with Crippen molar-refractivity contribution in [2.75, 3.05) is 26.7 Å². The summed E-state index contributed by atoms with van der Waals surface area (Å²) >= 11 is 0. The highest BCUT2D eigenvalue weighted by atomic mass is 16.2. The Kier molecular flexibility index (Phi) is 4.78. The van der Waals surface area contributed by atoms with Gasteiger partial charge in [-0.3, -0.25) is 4.79 Å². The van der Waals surface area contributed by atoms with E-state index < -0.39 is 6.04 Å². The molecule has 1 fully saturated rings. The molecule has 1 saturated heterocycles. The molecule has 1 aromatic carbocycles.